The van der Waals surface area contributed by atoms with Crippen LogP contribution in [0.4, 0.5) is 0 Å². The number of rotatable bonds is 10. The van der Waals surface area contributed by atoms with Gasteiger partial charge in [-0.05, 0) is 75.7 Å². The molecule has 0 spiro atoms. The Hall–Kier alpha value is -3.50. The second-order valence-corrected chi connectivity index (χ2v) is 11.4. The Morgan fingerprint density at radius 3 is 2.64 bits per heavy atom. The summed E-state index contributed by atoms with van der Waals surface area (Å²) in [4.78, 5) is 15.9. The van der Waals surface area contributed by atoms with E-state index in [1.807, 2.05) is 55.2 Å². The molecule has 4 rings (SSSR count). The fourth-order valence-corrected chi connectivity index (χ4v) is 5.88. The third-order valence-electron chi connectivity index (χ3n) is 8.16. The van der Waals surface area contributed by atoms with Crippen LogP contribution in [0.2, 0.25) is 0 Å². The van der Waals surface area contributed by atoms with Crippen molar-refractivity contribution in [3.63, 3.8) is 0 Å². The van der Waals surface area contributed by atoms with E-state index in [4.69, 9.17) is 10.2 Å². The van der Waals surface area contributed by atoms with Crippen molar-refractivity contribution in [3.8, 4) is 6.07 Å². The number of hydrogen-bond donors (Lipinski definition) is 1. The summed E-state index contributed by atoms with van der Waals surface area (Å²) < 4.78 is 6.05. The van der Waals surface area contributed by atoms with Crippen molar-refractivity contribution in [2.75, 3.05) is 6.54 Å². The van der Waals surface area contributed by atoms with Gasteiger partial charge in [-0.15, -0.1) is 10.2 Å². The number of nitriles is 1. The van der Waals surface area contributed by atoms with Crippen LogP contribution in [-0.2, 0) is 16.8 Å². The highest BCUT2D eigenvalue weighted by Crippen LogP contribution is 2.44. The Labute approximate surface area is 232 Å². The lowest BCUT2D eigenvalue weighted by Gasteiger charge is -2.26. The molecular formula is C32H41N5O2. The van der Waals surface area contributed by atoms with Crippen LogP contribution in [-0.4, -0.2) is 33.6 Å². The monoisotopic (exact) mass is 527 g/mol. The van der Waals surface area contributed by atoms with Gasteiger partial charge in [0.25, 0.3) is 5.91 Å². The molecular weight excluding hydrogens is 486 g/mol. The molecule has 2 N–H and O–H groups in total. The number of nitrogens with zero attached hydrogens (tertiary/aromatic N) is 4. The summed E-state index contributed by atoms with van der Waals surface area (Å²) in [5.41, 5.74) is 8.08. The number of likely N-dealkylation sites (tertiary alicyclic amines) is 1. The van der Waals surface area contributed by atoms with Crippen LogP contribution in [0.3, 0.4) is 0 Å². The van der Waals surface area contributed by atoms with E-state index < -0.39 is 11.0 Å². The largest absolute Gasteiger partial charge is 0.419 e. The predicted octanol–water partition coefficient (Wildman–Crippen LogP) is 6.25. The maximum absolute atomic E-state index is 13.9. The smallest absolute Gasteiger partial charge is 0.254 e. The molecule has 39 heavy (non-hydrogen) atoms. The fourth-order valence-electron chi connectivity index (χ4n) is 5.88. The van der Waals surface area contributed by atoms with Crippen LogP contribution in [0.15, 0.2) is 64.6 Å². The van der Waals surface area contributed by atoms with E-state index in [0.29, 0.717) is 34.9 Å². The first-order chi connectivity index (χ1) is 18.7. The van der Waals surface area contributed by atoms with E-state index in [1.54, 1.807) is 6.08 Å². The summed E-state index contributed by atoms with van der Waals surface area (Å²) in [7, 11) is 0. The highest BCUT2D eigenvalue weighted by Gasteiger charge is 2.37. The van der Waals surface area contributed by atoms with Crippen molar-refractivity contribution in [2.45, 2.75) is 90.1 Å². The Bertz CT molecular complexity index is 1280. The number of benzene rings is 1. The van der Waals surface area contributed by atoms with E-state index in [2.05, 4.69) is 29.8 Å². The molecule has 7 heteroatoms. The molecule has 206 valence electrons. The van der Waals surface area contributed by atoms with Crippen molar-refractivity contribution in [1.29, 1.82) is 5.26 Å². The van der Waals surface area contributed by atoms with Crippen LogP contribution in [0.1, 0.15) is 89.5 Å². The van der Waals surface area contributed by atoms with Gasteiger partial charge in [-0.25, -0.2) is 0 Å². The lowest BCUT2D eigenvalue weighted by molar-refractivity contribution is -0.127. The van der Waals surface area contributed by atoms with Crippen molar-refractivity contribution in [3.05, 3.63) is 77.6 Å². The lowest BCUT2D eigenvalue weighted by Crippen LogP contribution is -2.36. The minimum atomic E-state index is -0.847. The van der Waals surface area contributed by atoms with Gasteiger partial charge in [-0.3, -0.25) is 4.79 Å². The van der Waals surface area contributed by atoms with E-state index in [-0.39, 0.29) is 11.9 Å². The number of aromatic nitrogens is 2. The molecule has 1 aromatic carbocycles. The van der Waals surface area contributed by atoms with Gasteiger partial charge in [-0.2, -0.15) is 5.26 Å². The second kappa shape index (κ2) is 12.1. The number of carbonyl (C=O) groups is 1. The molecule has 1 saturated carbocycles. The summed E-state index contributed by atoms with van der Waals surface area (Å²) in [6.07, 6.45) is 11.7. The molecule has 1 aromatic heterocycles. The first kappa shape index (κ1) is 28.5. The fraction of sp³-hybridized carbons (Fsp3) is 0.500. The van der Waals surface area contributed by atoms with Crippen LogP contribution >= 0.6 is 0 Å². The van der Waals surface area contributed by atoms with Crippen LogP contribution in [0.25, 0.3) is 5.57 Å². The molecule has 2 fully saturated rings. The Morgan fingerprint density at radius 1 is 1.26 bits per heavy atom. The Kier molecular flexibility index (Phi) is 8.87. The molecule has 7 nitrogen and oxygen atoms in total. The third kappa shape index (κ3) is 6.39. The maximum atomic E-state index is 13.9. The van der Waals surface area contributed by atoms with Crippen LogP contribution in [0.5, 0.6) is 0 Å². The second-order valence-electron chi connectivity index (χ2n) is 11.4. The van der Waals surface area contributed by atoms with Gasteiger partial charge < -0.3 is 15.1 Å². The number of nitrogens with two attached hydrogens (primary N) is 1. The highest BCUT2D eigenvalue weighted by atomic mass is 16.4. The van der Waals surface area contributed by atoms with Crippen molar-refractivity contribution >= 4 is 11.5 Å². The first-order valence-electron chi connectivity index (χ1n) is 14.2. The minimum absolute atomic E-state index is 0.0370. The molecule has 0 bridgehead atoms. The van der Waals surface area contributed by atoms with Gasteiger partial charge in [0.05, 0.1) is 17.0 Å². The Balaban J connectivity index is 1.64. The maximum Gasteiger partial charge on any atom is 0.254 e. The quantitative estimate of drug-likeness (QED) is 0.289. The van der Waals surface area contributed by atoms with Gasteiger partial charge >= 0.3 is 0 Å². The molecule has 0 radical (unpaired) electrons. The zero-order valence-electron chi connectivity index (χ0n) is 23.6. The molecule has 1 aliphatic heterocycles. The summed E-state index contributed by atoms with van der Waals surface area (Å²) in [6.45, 7) is 10.9. The minimum Gasteiger partial charge on any atom is -0.419 e. The highest BCUT2D eigenvalue weighted by molar-refractivity contribution is 5.98. The van der Waals surface area contributed by atoms with Gasteiger partial charge in [0.1, 0.15) is 0 Å². The van der Waals surface area contributed by atoms with Gasteiger partial charge in [0.2, 0.25) is 11.8 Å². The number of amides is 1. The van der Waals surface area contributed by atoms with Crippen LogP contribution < -0.4 is 5.73 Å². The molecule has 1 unspecified atom stereocenters. The van der Waals surface area contributed by atoms with E-state index in [0.717, 1.165) is 63.5 Å². The molecule has 1 aliphatic carbocycles. The van der Waals surface area contributed by atoms with Gasteiger partial charge in [0, 0.05) is 23.7 Å². The first-order valence-corrected chi connectivity index (χ1v) is 14.2. The third-order valence-corrected chi connectivity index (χ3v) is 8.16. The molecule has 1 saturated heterocycles. The standard InChI is InChI=1S/C32H41N5O2/c1-5-12-27-15-11-18-37(27)29(38)26(20-24(3)32(22-33)16-9-10-17-32)19-23(2)28-35-36-30(39-28)31(4,34)21-25-13-7-6-8-14-25/h6-8,13-14,19-20,27H,3,5,9-12,15-18,21,34H2,1-2,4H3/b23-19+,26-20+/t27?,31-/m1/s1. The summed E-state index contributed by atoms with van der Waals surface area (Å²) in [5, 5.41) is 18.5. The van der Waals surface area contributed by atoms with E-state index in [9.17, 15) is 10.1 Å². The topological polar surface area (TPSA) is 109 Å². The molecule has 2 atom stereocenters. The molecule has 2 heterocycles. The summed E-state index contributed by atoms with van der Waals surface area (Å²) >= 11 is 0. The lowest BCUT2D eigenvalue weighted by atomic mass is 9.79. The SMILES string of the molecule is C=C(/C=C(\C=C(/C)c1nnc([C@](C)(N)Cc2ccccc2)o1)C(=O)N1CCCC1CCC)C1(C#N)CCCC1. The van der Waals surface area contributed by atoms with Crippen molar-refractivity contribution in [1.82, 2.24) is 15.1 Å². The van der Waals surface area contributed by atoms with Crippen molar-refractivity contribution in [2.24, 2.45) is 11.1 Å². The molecule has 2 aliphatic rings. The van der Waals surface area contributed by atoms with E-state index >= 15 is 0 Å². The zero-order chi connectivity index (χ0) is 28.0. The Morgan fingerprint density at radius 2 is 1.97 bits per heavy atom. The number of carbonyl (C=O) groups excluding carboxylic acids is 1. The summed E-state index contributed by atoms with van der Waals surface area (Å²) in [5.74, 6) is 0.624. The normalized spacial score (nSPS) is 21.0. The number of allylic oxidation sites excluding steroid dienone is 3. The van der Waals surface area contributed by atoms with Gasteiger partial charge in [-0.1, -0.05) is 63.1 Å². The molecule has 2 aromatic rings. The summed E-state index contributed by atoms with van der Waals surface area (Å²) in [6, 6.07) is 12.7. The zero-order valence-corrected chi connectivity index (χ0v) is 23.6. The number of hydrogen-bond acceptors (Lipinski definition) is 6. The average molecular weight is 528 g/mol. The van der Waals surface area contributed by atoms with E-state index in [1.165, 1.54) is 0 Å². The predicted molar refractivity (Wildman–Crippen MR) is 153 cm³/mol. The molecule has 1 amide bonds. The van der Waals surface area contributed by atoms with Crippen LogP contribution in [0, 0.1) is 16.7 Å². The van der Waals surface area contributed by atoms with Gasteiger partial charge in [0.15, 0.2) is 0 Å². The van der Waals surface area contributed by atoms with Crippen molar-refractivity contribution < 1.29 is 9.21 Å². The average Bonchev–Trinajstić information content (AvgIpc) is 3.70.